The number of carbonyl (C=O) groups is 4. The van der Waals surface area contributed by atoms with Gasteiger partial charge in [-0.1, -0.05) is 44.9 Å². The number of aryl methyl sites for hydroxylation is 1. The lowest BCUT2D eigenvalue weighted by Crippen LogP contribution is -2.31. The zero-order chi connectivity index (χ0) is 37.6. The lowest BCUT2D eigenvalue weighted by molar-refractivity contribution is -0.143. The molecule has 4 aliphatic rings. The summed E-state index contributed by atoms with van der Waals surface area (Å²) in [6, 6.07) is 5.48. The van der Waals surface area contributed by atoms with Gasteiger partial charge in [-0.05, 0) is 163 Å². The van der Waals surface area contributed by atoms with Crippen molar-refractivity contribution in [3.05, 3.63) is 49.1 Å². The van der Waals surface area contributed by atoms with E-state index in [1.54, 1.807) is 6.07 Å². The van der Waals surface area contributed by atoms with Crippen LogP contribution in [0.15, 0.2) is 43.5 Å². The molecule has 0 atom stereocenters. The van der Waals surface area contributed by atoms with Gasteiger partial charge < -0.3 is 18.9 Å². The molecule has 8 heteroatoms. The molecule has 0 amide bonds. The summed E-state index contributed by atoms with van der Waals surface area (Å²) in [7, 11) is 0. The molecule has 292 valence electrons. The molecule has 0 radical (unpaired) electrons. The van der Waals surface area contributed by atoms with Crippen molar-refractivity contribution in [2.75, 3.05) is 13.2 Å². The molecule has 4 aliphatic carbocycles. The minimum atomic E-state index is -0.343. The Balaban J connectivity index is 0.998. The fraction of sp³-hybridized carbons (Fsp3) is 0.689. The second kappa shape index (κ2) is 20.9. The highest BCUT2D eigenvalue weighted by atomic mass is 16.6. The van der Waals surface area contributed by atoms with Gasteiger partial charge in [0, 0.05) is 12.2 Å². The smallest absolute Gasteiger partial charge is 0.330 e. The Bertz CT molecular complexity index is 1370. The summed E-state index contributed by atoms with van der Waals surface area (Å²) in [5, 5.41) is 0. The molecule has 0 N–H and O–H groups in total. The van der Waals surface area contributed by atoms with Crippen LogP contribution in [0.4, 0.5) is 0 Å². The summed E-state index contributed by atoms with van der Waals surface area (Å²) in [6.07, 6.45) is 24.0. The summed E-state index contributed by atoms with van der Waals surface area (Å²) in [5.41, 5.74) is 0.955. The Kier molecular flexibility index (Phi) is 16.1. The van der Waals surface area contributed by atoms with E-state index in [1.807, 2.05) is 19.1 Å². The molecule has 0 bridgehead atoms. The van der Waals surface area contributed by atoms with Crippen molar-refractivity contribution in [2.24, 2.45) is 47.3 Å². The van der Waals surface area contributed by atoms with E-state index in [1.165, 1.54) is 63.5 Å². The quantitative estimate of drug-likeness (QED) is 0.0716. The average Bonchev–Trinajstić information content (AvgIpc) is 3.19. The normalized spacial score (nSPS) is 28.9. The first-order valence-electron chi connectivity index (χ1n) is 20.8. The molecular weight excluding hydrogens is 668 g/mol. The van der Waals surface area contributed by atoms with Crippen LogP contribution in [0.2, 0.25) is 0 Å². The zero-order valence-corrected chi connectivity index (χ0v) is 32.2. The molecule has 4 fully saturated rings. The van der Waals surface area contributed by atoms with E-state index in [-0.39, 0.29) is 35.7 Å². The van der Waals surface area contributed by atoms with Gasteiger partial charge >= 0.3 is 23.9 Å². The van der Waals surface area contributed by atoms with Crippen molar-refractivity contribution >= 4 is 23.9 Å². The van der Waals surface area contributed by atoms with E-state index in [9.17, 15) is 19.2 Å². The number of carbonyl (C=O) groups excluding carboxylic acids is 4. The predicted octanol–water partition coefficient (Wildman–Crippen LogP) is 10.1. The average molecular weight is 733 g/mol. The molecule has 4 saturated carbocycles. The summed E-state index contributed by atoms with van der Waals surface area (Å²) >= 11 is 0. The van der Waals surface area contributed by atoms with E-state index < -0.39 is 0 Å². The highest BCUT2D eigenvalue weighted by Crippen LogP contribution is 2.44. The Hall–Kier alpha value is -3.42. The Labute approximate surface area is 317 Å². The number of hydrogen-bond donors (Lipinski definition) is 0. The van der Waals surface area contributed by atoms with Crippen LogP contribution in [0.3, 0.4) is 0 Å². The van der Waals surface area contributed by atoms with Gasteiger partial charge in [0.1, 0.15) is 0 Å². The minimum absolute atomic E-state index is 0.127. The largest absolute Gasteiger partial charge is 0.463 e. The van der Waals surface area contributed by atoms with E-state index in [0.717, 1.165) is 94.4 Å². The molecule has 8 nitrogen and oxygen atoms in total. The predicted molar refractivity (Wildman–Crippen MR) is 205 cm³/mol. The van der Waals surface area contributed by atoms with Gasteiger partial charge in [-0.2, -0.15) is 0 Å². The van der Waals surface area contributed by atoms with Gasteiger partial charge in [-0.15, -0.1) is 0 Å². The van der Waals surface area contributed by atoms with E-state index >= 15 is 0 Å². The monoisotopic (exact) mass is 732 g/mol. The van der Waals surface area contributed by atoms with Gasteiger partial charge in [0.05, 0.1) is 25.0 Å². The molecule has 1 aromatic rings. The van der Waals surface area contributed by atoms with Gasteiger partial charge in [0.15, 0.2) is 11.5 Å². The van der Waals surface area contributed by atoms with E-state index in [2.05, 4.69) is 13.2 Å². The standard InChI is InChI=1S/C45H64O8/c1-4-42(46)50-28-6-8-32-11-15-34(16-12-32)36-19-23-38(24-20-36)44(48)52-40-27-10-31(3)30-41(40)53-45(49)39-25-21-37(22-26-39)35-17-13-33(14-18-35)9-7-29-51-43(47)5-2/h4-5,10,27,30,32-39H,1-2,6-9,11-26,28-29H2,3H3. The fourth-order valence-corrected chi connectivity index (χ4v) is 9.92. The minimum Gasteiger partial charge on any atom is -0.463 e. The number of benzene rings is 1. The molecular formula is C45H64O8. The summed E-state index contributed by atoms with van der Waals surface area (Å²) < 4.78 is 22.2. The van der Waals surface area contributed by atoms with E-state index in [4.69, 9.17) is 18.9 Å². The maximum Gasteiger partial charge on any atom is 0.330 e. The molecule has 0 aromatic heterocycles. The third kappa shape index (κ3) is 12.6. The van der Waals surface area contributed by atoms with Crippen molar-refractivity contribution < 1.29 is 38.1 Å². The second-order valence-corrected chi connectivity index (χ2v) is 16.6. The fourth-order valence-electron chi connectivity index (χ4n) is 9.92. The number of rotatable bonds is 16. The Morgan fingerprint density at radius 1 is 0.566 bits per heavy atom. The number of esters is 4. The van der Waals surface area contributed by atoms with Crippen LogP contribution < -0.4 is 9.47 Å². The summed E-state index contributed by atoms with van der Waals surface area (Å²) in [5.74, 6) is 3.56. The van der Waals surface area contributed by atoms with Crippen molar-refractivity contribution in [2.45, 2.75) is 135 Å². The number of ether oxygens (including phenoxy) is 4. The highest BCUT2D eigenvalue weighted by molar-refractivity contribution is 5.81. The highest BCUT2D eigenvalue weighted by Gasteiger charge is 2.36. The van der Waals surface area contributed by atoms with Crippen molar-refractivity contribution in [3.8, 4) is 11.5 Å². The SMILES string of the molecule is C=CC(=O)OCCCC1CCC(C2CCC(C(=O)Oc3ccc(C)cc3OC(=O)C3CCC(C4CCC(CCCOC(=O)C=C)CC4)CC3)CC2)CC1. The third-order valence-corrected chi connectivity index (χ3v) is 13.2. The van der Waals surface area contributed by atoms with Gasteiger partial charge in [0.2, 0.25) is 0 Å². The zero-order valence-electron chi connectivity index (χ0n) is 32.2. The van der Waals surface area contributed by atoms with Crippen LogP contribution in [0, 0.1) is 54.3 Å². The first-order chi connectivity index (χ1) is 25.7. The molecule has 0 unspecified atom stereocenters. The van der Waals surface area contributed by atoms with Gasteiger partial charge in [-0.25, -0.2) is 9.59 Å². The van der Waals surface area contributed by atoms with Crippen molar-refractivity contribution in [3.63, 3.8) is 0 Å². The molecule has 53 heavy (non-hydrogen) atoms. The van der Waals surface area contributed by atoms with Crippen molar-refractivity contribution in [1.82, 2.24) is 0 Å². The first-order valence-corrected chi connectivity index (χ1v) is 20.8. The molecule has 1 aromatic carbocycles. The summed E-state index contributed by atoms with van der Waals surface area (Å²) in [6.45, 7) is 9.79. The second-order valence-electron chi connectivity index (χ2n) is 16.6. The Morgan fingerprint density at radius 3 is 1.34 bits per heavy atom. The Morgan fingerprint density at radius 2 is 0.943 bits per heavy atom. The number of hydrogen-bond acceptors (Lipinski definition) is 8. The van der Waals surface area contributed by atoms with Gasteiger partial charge in [0.25, 0.3) is 0 Å². The molecule has 0 heterocycles. The van der Waals surface area contributed by atoms with Crippen LogP contribution in [0.5, 0.6) is 11.5 Å². The maximum atomic E-state index is 13.4. The first kappa shape index (κ1) is 40.8. The van der Waals surface area contributed by atoms with E-state index in [0.29, 0.717) is 48.4 Å². The van der Waals surface area contributed by atoms with Crippen molar-refractivity contribution in [1.29, 1.82) is 0 Å². The van der Waals surface area contributed by atoms with Crippen LogP contribution in [-0.4, -0.2) is 37.1 Å². The van der Waals surface area contributed by atoms with Crippen LogP contribution in [-0.2, 0) is 28.7 Å². The molecule has 0 spiro atoms. The lowest BCUT2D eigenvalue weighted by Gasteiger charge is -2.37. The lowest BCUT2D eigenvalue weighted by atomic mass is 9.68. The summed E-state index contributed by atoms with van der Waals surface area (Å²) in [4.78, 5) is 49.3. The van der Waals surface area contributed by atoms with Gasteiger partial charge in [-0.3, -0.25) is 9.59 Å². The third-order valence-electron chi connectivity index (χ3n) is 13.2. The van der Waals surface area contributed by atoms with Crippen LogP contribution in [0.25, 0.3) is 0 Å². The van der Waals surface area contributed by atoms with Crippen LogP contribution in [0.1, 0.15) is 134 Å². The molecule has 5 rings (SSSR count). The topological polar surface area (TPSA) is 105 Å². The maximum absolute atomic E-state index is 13.4. The molecule has 0 saturated heterocycles. The molecule has 0 aliphatic heterocycles. The van der Waals surface area contributed by atoms with Crippen LogP contribution >= 0.6 is 0 Å².